The maximum atomic E-state index is 6.49. The largest absolute Gasteiger partial charge is 0.368 e. The first-order valence-corrected chi connectivity index (χ1v) is 11.6. The molecule has 178 valence electrons. The van der Waals surface area contributed by atoms with Gasteiger partial charge in [0.15, 0.2) is 12.6 Å². The summed E-state index contributed by atoms with van der Waals surface area (Å²) in [4.78, 5) is 0. The lowest BCUT2D eigenvalue weighted by molar-refractivity contribution is -0.369. The van der Waals surface area contributed by atoms with Crippen molar-refractivity contribution in [1.82, 2.24) is 0 Å². The summed E-state index contributed by atoms with van der Waals surface area (Å²) in [5.41, 5.74) is 3.10. The monoisotopic (exact) mass is 462 g/mol. The lowest BCUT2D eigenvalue weighted by atomic mass is 9.97. The Balaban J connectivity index is 1.39. The Labute approximate surface area is 200 Å². The number of hydrogen-bond donors (Lipinski definition) is 0. The summed E-state index contributed by atoms with van der Waals surface area (Å²) >= 11 is 0. The van der Waals surface area contributed by atoms with E-state index in [2.05, 4.69) is 0 Å². The number of methoxy groups -OCH3 is 1. The zero-order valence-electron chi connectivity index (χ0n) is 19.2. The predicted molar refractivity (Wildman–Crippen MR) is 126 cm³/mol. The maximum Gasteiger partial charge on any atom is 0.186 e. The fraction of sp³-hybridized carbons (Fsp3) is 0.357. The molecule has 0 spiro atoms. The molecule has 2 aliphatic heterocycles. The summed E-state index contributed by atoms with van der Waals surface area (Å²) in [7, 11) is 1.62. The van der Waals surface area contributed by atoms with Crippen molar-refractivity contribution in [1.29, 1.82) is 0 Å². The third-order valence-electron chi connectivity index (χ3n) is 6.16. The molecule has 2 fully saturated rings. The molecule has 6 atom stereocenters. The molecule has 2 saturated heterocycles. The molecule has 0 aliphatic carbocycles. The van der Waals surface area contributed by atoms with E-state index in [4.69, 9.17) is 28.4 Å². The minimum absolute atomic E-state index is 0.331. The molecule has 34 heavy (non-hydrogen) atoms. The molecular weight excluding hydrogens is 432 g/mol. The highest BCUT2D eigenvalue weighted by molar-refractivity contribution is 5.17. The molecule has 6 heteroatoms. The Kier molecular flexibility index (Phi) is 7.65. The van der Waals surface area contributed by atoms with Gasteiger partial charge in [0.2, 0.25) is 0 Å². The lowest BCUT2D eigenvalue weighted by Crippen LogP contribution is -2.63. The fourth-order valence-electron chi connectivity index (χ4n) is 4.42. The van der Waals surface area contributed by atoms with Gasteiger partial charge in [-0.05, 0) is 11.1 Å². The van der Waals surface area contributed by atoms with Gasteiger partial charge >= 0.3 is 0 Å². The summed E-state index contributed by atoms with van der Waals surface area (Å²) in [6.07, 6.45) is -2.71. The molecule has 2 aliphatic rings. The van der Waals surface area contributed by atoms with Crippen LogP contribution in [-0.4, -0.2) is 44.4 Å². The fourth-order valence-corrected chi connectivity index (χ4v) is 4.42. The summed E-state index contributed by atoms with van der Waals surface area (Å²) in [5.74, 6) is 0. The average molecular weight is 463 g/mol. The van der Waals surface area contributed by atoms with E-state index in [1.165, 1.54) is 0 Å². The summed E-state index contributed by atoms with van der Waals surface area (Å²) in [6.45, 7) is 1.22. The quantitative estimate of drug-likeness (QED) is 0.486. The van der Waals surface area contributed by atoms with Crippen molar-refractivity contribution in [3.05, 3.63) is 108 Å². The first-order valence-electron chi connectivity index (χ1n) is 11.6. The van der Waals surface area contributed by atoms with E-state index in [-0.39, 0.29) is 12.2 Å². The van der Waals surface area contributed by atoms with Crippen LogP contribution < -0.4 is 0 Å². The van der Waals surface area contributed by atoms with Gasteiger partial charge in [0, 0.05) is 12.7 Å². The Morgan fingerprint density at radius 3 is 1.85 bits per heavy atom. The van der Waals surface area contributed by atoms with Gasteiger partial charge in [-0.3, -0.25) is 0 Å². The standard InChI is InChI=1S/C28H30O6/c1-29-28-26(31-18-21-13-7-3-8-14-21)25(30-17-20-11-5-2-6-12-20)24-23(33-28)19-32-27(34-24)22-15-9-4-10-16-22/h2-16,23-28H,17-19H2,1H3/t23-,24-,25+,26+,27?,28-/m1/s1. The average Bonchev–Trinajstić information content (AvgIpc) is 2.91. The van der Waals surface area contributed by atoms with Crippen molar-refractivity contribution in [3.63, 3.8) is 0 Å². The molecular formula is C28H30O6. The number of ether oxygens (including phenoxy) is 6. The van der Waals surface area contributed by atoms with Crippen LogP contribution in [0.25, 0.3) is 0 Å². The lowest BCUT2D eigenvalue weighted by Gasteiger charge is -2.48. The van der Waals surface area contributed by atoms with Crippen molar-refractivity contribution < 1.29 is 28.4 Å². The van der Waals surface area contributed by atoms with E-state index < -0.39 is 24.8 Å². The van der Waals surface area contributed by atoms with E-state index in [0.717, 1.165) is 16.7 Å². The SMILES string of the molecule is CO[C@@H]1O[C@@H]2COC(c3ccccc3)O[C@H]2[C@H](OCc2ccccc2)[C@@H]1OCc1ccccc1. The molecule has 0 radical (unpaired) electrons. The second-order valence-corrected chi connectivity index (χ2v) is 8.48. The van der Waals surface area contributed by atoms with Crippen LogP contribution in [0.5, 0.6) is 0 Å². The molecule has 0 amide bonds. The molecule has 3 aromatic rings. The molecule has 0 N–H and O–H groups in total. The van der Waals surface area contributed by atoms with Crippen molar-refractivity contribution in [2.75, 3.05) is 13.7 Å². The van der Waals surface area contributed by atoms with Crippen LogP contribution >= 0.6 is 0 Å². The van der Waals surface area contributed by atoms with Gasteiger partial charge < -0.3 is 28.4 Å². The zero-order chi connectivity index (χ0) is 23.2. The highest BCUT2D eigenvalue weighted by atomic mass is 16.8. The topological polar surface area (TPSA) is 55.4 Å². The van der Waals surface area contributed by atoms with Gasteiger partial charge in [0.25, 0.3) is 0 Å². The summed E-state index contributed by atoms with van der Waals surface area (Å²) in [5, 5.41) is 0. The molecule has 0 saturated carbocycles. The highest BCUT2D eigenvalue weighted by Crippen LogP contribution is 2.37. The number of rotatable bonds is 8. The van der Waals surface area contributed by atoms with E-state index in [0.29, 0.717) is 19.8 Å². The molecule has 6 nitrogen and oxygen atoms in total. The third kappa shape index (κ3) is 5.39. The first-order chi connectivity index (χ1) is 16.8. The Hall–Kier alpha value is -2.58. The Morgan fingerprint density at radius 2 is 1.26 bits per heavy atom. The van der Waals surface area contributed by atoms with Gasteiger partial charge in [0.1, 0.15) is 24.4 Å². The molecule has 0 bridgehead atoms. The van der Waals surface area contributed by atoms with Gasteiger partial charge in [-0.25, -0.2) is 0 Å². The summed E-state index contributed by atoms with van der Waals surface area (Å²) in [6, 6.07) is 30.0. The zero-order valence-corrected chi connectivity index (χ0v) is 19.2. The smallest absolute Gasteiger partial charge is 0.186 e. The minimum Gasteiger partial charge on any atom is -0.368 e. The molecule has 0 aromatic heterocycles. The second-order valence-electron chi connectivity index (χ2n) is 8.48. The third-order valence-corrected chi connectivity index (χ3v) is 6.16. The number of hydrogen-bond acceptors (Lipinski definition) is 6. The van der Waals surface area contributed by atoms with E-state index in [1.807, 2.05) is 91.0 Å². The van der Waals surface area contributed by atoms with Crippen LogP contribution in [0.3, 0.4) is 0 Å². The molecule has 5 rings (SSSR count). The number of benzene rings is 3. The van der Waals surface area contributed by atoms with Crippen LogP contribution in [0.2, 0.25) is 0 Å². The first kappa shape index (κ1) is 23.2. The van der Waals surface area contributed by atoms with Crippen LogP contribution in [0.15, 0.2) is 91.0 Å². The van der Waals surface area contributed by atoms with Crippen LogP contribution in [0, 0.1) is 0 Å². The van der Waals surface area contributed by atoms with Crippen LogP contribution in [0.1, 0.15) is 23.0 Å². The van der Waals surface area contributed by atoms with Gasteiger partial charge in [-0.1, -0.05) is 91.0 Å². The maximum absolute atomic E-state index is 6.49. The number of fused-ring (bicyclic) bond motifs is 1. The molecule has 1 unspecified atom stereocenters. The van der Waals surface area contributed by atoms with E-state index >= 15 is 0 Å². The van der Waals surface area contributed by atoms with E-state index in [1.54, 1.807) is 7.11 Å². The predicted octanol–water partition coefficient (Wildman–Crippen LogP) is 4.64. The van der Waals surface area contributed by atoms with Crippen LogP contribution in [0.4, 0.5) is 0 Å². The minimum atomic E-state index is -0.605. The van der Waals surface area contributed by atoms with Crippen molar-refractivity contribution in [2.45, 2.75) is 50.2 Å². The van der Waals surface area contributed by atoms with Gasteiger partial charge in [-0.15, -0.1) is 0 Å². The van der Waals surface area contributed by atoms with Gasteiger partial charge in [0.05, 0.1) is 19.8 Å². The van der Waals surface area contributed by atoms with Crippen molar-refractivity contribution in [3.8, 4) is 0 Å². The van der Waals surface area contributed by atoms with E-state index in [9.17, 15) is 0 Å². The highest BCUT2D eigenvalue weighted by Gasteiger charge is 2.51. The Bertz CT molecular complexity index is 993. The molecule has 3 aromatic carbocycles. The second kappa shape index (κ2) is 11.2. The van der Waals surface area contributed by atoms with Gasteiger partial charge in [-0.2, -0.15) is 0 Å². The van der Waals surface area contributed by atoms with Crippen molar-refractivity contribution in [2.24, 2.45) is 0 Å². The summed E-state index contributed by atoms with van der Waals surface area (Å²) < 4.78 is 37.2. The molecule has 2 heterocycles. The van der Waals surface area contributed by atoms with Crippen LogP contribution in [-0.2, 0) is 41.6 Å². The normalized spacial score (nSPS) is 28.9. The van der Waals surface area contributed by atoms with Crippen molar-refractivity contribution >= 4 is 0 Å². The Morgan fingerprint density at radius 1 is 0.706 bits per heavy atom.